The molecular weight excluding hydrogens is 374 g/mol. The Morgan fingerprint density at radius 1 is 1.17 bits per heavy atom. The molecule has 2 heterocycles. The van der Waals surface area contributed by atoms with Crippen molar-refractivity contribution >= 4 is 11.6 Å². The zero-order chi connectivity index (χ0) is 21.3. The SMILES string of the molecule is C[C@@H]1CN(CC(=O)N2CC(C)(C)c3ccc(Cc4ccccc4)cc32)[C@@H](CO)CN1. The number of fused-ring (bicyclic) bond motifs is 1. The van der Waals surface area contributed by atoms with Crippen LogP contribution in [0.5, 0.6) is 0 Å². The number of rotatable bonds is 5. The van der Waals surface area contributed by atoms with E-state index in [1.165, 1.54) is 16.7 Å². The van der Waals surface area contributed by atoms with Gasteiger partial charge >= 0.3 is 0 Å². The number of nitrogens with one attached hydrogen (secondary N) is 1. The van der Waals surface area contributed by atoms with Crippen LogP contribution >= 0.6 is 0 Å². The van der Waals surface area contributed by atoms with E-state index in [0.29, 0.717) is 25.7 Å². The second-order valence-electron chi connectivity index (χ2n) is 9.45. The van der Waals surface area contributed by atoms with Crippen molar-refractivity contribution in [2.45, 2.75) is 44.7 Å². The summed E-state index contributed by atoms with van der Waals surface area (Å²) in [6.45, 7) is 9.13. The van der Waals surface area contributed by atoms with Gasteiger partial charge in [0.25, 0.3) is 0 Å². The average molecular weight is 408 g/mol. The summed E-state index contributed by atoms with van der Waals surface area (Å²) in [5.41, 5.74) is 4.71. The molecule has 2 aliphatic rings. The first-order valence-corrected chi connectivity index (χ1v) is 10.9. The molecule has 0 unspecified atom stereocenters. The van der Waals surface area contributed by atoms with Gasteiger partial charge in [-0.25, -0.2) is 0 Å². The highest BCUT2D eigenvalue weighted by atomic mass is 16.3. The standard InChI is InChI=1S/C25H33N3O2/c1-18-14-27(21(16-29)13-26-18)15-24(30)28-17-25(2,3)22-10-9-20(12-23(22)28)11-19-7-5-4-6-8-19/h4-10,12,18,21,26,29H,11,13-17H2,1-3H3/t18-,21-/m1/s1. The second kappa shape index (κ2) is 8.50. The minimum Gasteiger partial charge on any atom is -0.395 e. The van der Waals surface area contributed by atoms with Crippen LogP contribution in [0.15, 0.2) is 48.5 Å². The fraction of sp³-hybridized carbons (Fsp3) is 0.480. The molecule has 0 aromatic heterocycles. The van der Waals surface area contributed by atoms with Crippen LogP contribution < -0.4 is 10.2 Å². The van der Waals surface area contributed by atoms with Gasteiger partial charge in [0, 0.05) is 42.8 Å². The van der Waals surface area contributed by atoms with E-state index in [1.54, 1.807) is 0 Å². The van der Waals surface area contributed by atoms with Gasteiger partial charge < -0.3 is 15.3 Å². The Hall–Kier alpha value is -2.21. The Kier molecular flexibility index (Phi) is 5.96. The van der Waals surface area contributed by atoms with Crippen molar-refractivity contribution in [3.8, 4) is 0 Å². The van der Waals surface area contributed by atoms with Gasteiger partial charge in [0.05, 0.1) is 13.2 Å². The van der Waals surface area contributed by atoms with Crippen molar-refractivity contribution in [1.82, 2.24) is 10.2 Å². The lowest BCUT2D eigenvalue weighted by Crippen LogP contribution is -2.59. The van der Waals surface area contributed by atoms with Crippen molar-refractivity contribution in [2.24, 2.45) is 0 Å². The summed E-state index contributed by atoms with van der Waals surface area (Å²) in [5, 5.41) is 13.1. The molecule has 2 aromatic rings. The maximum absolute atomic E-state index is 13.4. The number of hydrogen-bond acceptors (Lipinski definition) is 4. The van der Waals surface area contributed by atoms with Crippen molar-refractivity contribution in [3.63, 3.8) is 0 Å². The quantitative estimate of drug-likeness (QED) is 0.800. The van der Waals surface area contributed by atoms with Crippen LogP contribution in [0.4, 0.5) is 5.69 Å². The van der Waals surface area contributed by atoms with Crippen LogP contribution in [-0.2, 0) is 16.6 Å². The molecule has 5 nitrogen and oxygen atoms in total. The maximum Gasteiger partial charge on any atom is 0.241 e. The number of anilines is 1. The van der Waals surface area contributed by atoms with Crippen molar-refractivity contribution in [2.75, 3.05) is 37.7 Å². The number of amides is 1. The Morgan fingerprint density at radius 2 is 1.93 bits per heavy atom. The smallest absolute Gasteiger partial charge is 0.241 e. The summed E-state index contributed by atoms with van der Waals surface area (Å²) in [7, 11) is 0. The van der Waals surface area contributed by atoms with Crippen molar-refractivity contribution in [3.05, 3.63) is 65.2 Å². The number of nitrogens with zero attached hydrogens (tertiary/aromatic N) is 2. The van der Waals surface area contributed by atoms with Crippen LogP contribution in [0.1, 0.15) is 37.5 Å². The number of hydrogen-bond donors (Lipinski definition) is 2. The number of benzene rings is 2. The van der Waals surface area contributed by atoms with Gasteiger partial charge in [0.2, 0.25) is 5.91 Å². The van der Waals surface area contributed by atoms with E-state index in [-0.39, 0.29) is 24.0 Å². The second-order valence-corrected chi connectivity index (χ2v) is 9.45. The average Bonchev–Trinajstić information content (AvgIpc) is 2.99. The van der Waals surface area contributed by atoms with Gasteiger partial charge in [0.15, 0.2) is 0 Å². The lowest BCUT2D eigenvalue weighted by Gasteiger charge is -2.38. The third kappa shape index (κ3) is 4.29. The molecule has 0 bridgehead atoms. The summed E-state index contributed by atoms with van der Waals surface area (Å²) in [6.07, 6.45) is 0.860. The molecule has 1 amide bonds. The van der Waals surface area contributed by atoms with Gasteiger partial charge in [-0.15, -0.1) is 0 Å². The lowest BCUT2D eigenvalue weighted by molar-refractivity contribution is -0.121. The van der Waals surface area contributed by atoms with Gasteiger partial charge in [-0.3, -0.25) is 9.69 Å². The third-order valence-electron chi connectivity index (χ3n) is 6.46. The van der Waals surface area contributed by atoms with Crippen molar-refractivity contribution in [1.29, 1.82) is 0 Å². The molecule has 0 spiro atoms. The molecular formula is C25H33N3O2. The highest BCUT2D eigenvalue weighted by molar-refractivity contribution is 5.97. The minimum atomic E-state index is -0.0661. The summed E-state index contributed by atoms with van der Waals surface area (Å²) in [5.74, 6) is 0.117. The van der Waals surface area contributed by atoms with Crippen LogP contribution in [0.2, 0.25) is 0 Å². The third-order valence-corrected chi connectivity index (χ3v) is 6.46. The van der Waals surface area contributed by atoms with Crippen LogP contribution in [0.25, 0.3) is 0 Å². The Bertz CT molecular complexity index is 897. The monoisotopic (exact) mass is 407 g/mol. The number of aliphatic hydroxyl groups is 1. The molecule has 160 valence electrons. The van der Waals surface area contributed by atoms with Gasteiger partial charge in [-0.2, -0.15) is 0 Å². The number of aliphatic hydroxyl groups excluding tert-OH is 1. The molecule has 2 N–H and O–H groups in total. The normalized spacial score (nSPS) is 23.4. The predicted octanol–water partition coefficient (Wildman–Crippen LogP) is 2.56. The van der Waals surface area contributed by atoms with Gasteiger partial charge in [-0.05, 0) is 36.1 Å². The Balaban J connectivity index is 1.56. The van der Waals surface area contributed by atoms with Crippen LogP contribution in [-0.4, -0.2) is 60.8 Å². The Labute approximate surface area is 179 Å². The highest BCUT2D eigenvalue weighted by Gasteiger charge is 2.39. The summed E-state index contributed by atoms with van der Waals surface area (Å²) < 4.78 is 0. The first-order chi connectivity index (χ1) is 14.4. The highest BCUT2D eigenvalue weighted by Crippen LogP contribution is 2.41. The fourth-order valence-electron chi connectivity index (χ4n) is 4.77. The molecule has 0 aliphatic carbocycles. The molecule has 4 rings (SSSR count). The molecule has 1 saturated heterocycles. The zero-order valence-electron chi connectivity index (χ0n) is 18.3. The summed E-state index contributed by atoms with van der Waals surface area (Å²) in [6, 6.07) is 17.3. The summed E-state index contributed by atoms with van der Waals surface area (Å²) >= 11 is 0. The topological polar surface area (TPSA) is 55.8 Å². The number of carbonyl (C=O) groups is 1. The molecule has 5 heteroatoms. The predicted molar refractivity (Wildman–Crippen MR) is 121 cm³/mol. The Morgan fingerprint density at radius 3 is 2.67 bits per heavy atom. The van der Waals surface area contributed by atoms with E-state index < -0.39 is 0 Å². The first-order valence-electron chi connectivity index (χ1n) is 10.9. The molecule has 2 aromatic carbocycles. The fourth-order valence-corrected chi connectivity index (χ4v) is 4.77. The number of piperazine rings is 1. The summed E-state index contributed by atoms with van der Waals surface area (Å²) in [4.78, 5) is 17.5. The molecule has 1 fully saturated rings. The van der Waals surface area contributed by atoms with Crippen LogP contribution in [0, 0.1) is 0 Å². The lowest BCUT2D eigenvalue weighted by atomic mass is 9.86. The molecule has 0 saturated carbocycles. The maximum atomic E-state index is 13.4. The molecule has 2 aliphatic heterocycles. The molecule has 0 radical (unpaired) electrons. The van der Waals surface area contributed by atoms with Gasteiger partial charge in [0.1, 0.15) is 0 Å². The largest absolute Gasteiger partial charge is 0.395 e. The van der Waals surface area contributed by atoms with Crippen LogP contribution in [0.3, 0.4) is 0 Å². The van der Waals surface area contributed by atoms with E-state index in [1.807, 2.05) is 11.0 Å². The molecule has 30 heavy (non-hydrogen) atoms. The first kappa shape index (κ1) is 21.0. The molecule has 2 atom stereocenters. The van der Waals surface area contributed by atoms with E-state index in [9.17, 15) is 9.90 Å². The van der Waals surface area contributed by atoms with E-state index in [0.717, 1.165) is 18.7 Å². The van der Waals surface area contributed by atoms with E-state index in [4.69, 9.17) is 0 Å². The number of carbonyl (C=O) groups excluding carboxylic acids is 1. The van der Waals surface area contributed by atoms with Gasteiger partial charge in [-0.1, -0.05) is 56.3 Å². The van der Waals surface area contributed by atoms with E-state index in [2.05, 4.69) is 73.5 Å². The van der Waals surface area contributed by atoms with Crippen molar-refractivity contribution < 1.29 is 9.90 Å². The van der Waals surface area contributed by atoms with E-state index >= 15 is 0 Å². The zero-order valence-corrected chi connectivity index (χ0v) is 18.3. The minimum absolute atomic E-state index is 0.00958.